The molecule has 5 heteroatoms. The Morgan fingerprint density at radius 3 is 2.84 bits per heavy atom. The topological polar surface area (TPSA) is 45.2 Å². The summed E-state index contributed by atoms with van der Waals surface area (Å²) in [7, 11) is 0. The van der Waals surface area contributed by atoms with Gasteiger partial charge < -0.3 is 5.32 Å². The monoisotopic (exact) mass is 281 g/mol. The number of aromatic nitrogens is 1. The Balaban J connectivity index is 1.86. The molecule has 1 aliphatic heterocycles. The lowest BCUT2D eigenvalue weighted by molar-refractivity contribution is -0.118. The summed E-state index contributed by atoms with van der Waals surface area (Å²) in [5.41, 5.74) is 0.990. The van der Waals surface area contributed by atoms with Crippen LogP contribution in [0.2, 0.25) is 0 Å². The zero-order chi connectivity index (χ0) is 13.7. The minimum atomic E-state index is 0.218. The molecule has 0 radical (unpaired) electrons. The minimum Gasteiger partial charge on any atom is -0.317 e. The van der Waals surface area contributed by atoms with Crippen LogP contribution in [0.15, 0.2) is 5.38 Å². The molecule has 0 bridgehead atoms. The van der Waals surface area contributed by atoms with Gasteiger partial charge in [0.2, 0.25) is 5.91 Å². The molecule has 1 aliphatic rings. The first-order chi connectivity index (χ1) is 9.20. The third-order valence-corrected chi connectivity index (χ3v) is 4.66. The summed E-state index contributed by atoms with van der Waals surface area (Å²) in [6.07, 6.45) is 4.07. The summed E-state index contributed by atoms with van der Waals surface area (Å²) in [6.45, 7) is 6.88. The quantitative estimate of drug-likeness (QED) is 0.902. The SMILES string of the molecule is CCN(C(=O)CCC1CCNCC1)c1nc(C)cs1. The number of carbonyl (C=O) groups excluding carboxylic acids is 1. The highest BCUT2D eigenvalue weighted by molar-refractivity contribution is 7.14. The van der Waals surface area contributed by atoms with Crippen molar-refractivity contribution in [1.29, 1.82) is 0 Å². The number of aryl methyl sites for hydroxylation is 1. The lowest BCUT2D eigenvalue weighted by Crippen LogP contribution is -2.32. The Bertz CT molecular complexity index is 413. The highest BCUT2D eigenvalue weighted by atomic mass is 32.1. The van der Waals surface area contributed by atoms with Gasteiger partial charge in [0.25, 0.3) is 0 Å². The molecule has 2 rings (SSSR count). The van der Waals surface area contributed by atoms with Crippen LogP contribution in [0.3, 0.4) is 0 Å². The van der Waals surface area contributed by atoms with E-state index >= 15 is 0 Å². The number of nitrogens with one attached hydrogen (secondary N) is 1. The van der Waals surface area contributed by atoms with Crippen LogP contribution in [-0.4, -0.2) is 30.5 Å². The molecule has 1 N–H and O–H groups in total. The number of hydrogen-bond donors (Lipinski definition) is 1. The van der Waals surface area contributed by atoms with E-state index in [1.807, 2.05) is 24.1 Å². The zero-order valence-electron chi connectivity index (χ0n) is 11.8. The zero-order valence-corrected chi connectivity index (χ0v) is 12.6. The fourth-order valence-corrected chi connectivity index (χ4v) is 3.40. The predicted molar refractivity (Wildman–Crippen MR) is 79.7 cm³/mol. The molecule has 19 heavy (non-hydrogen) atoms. The fraction of sp³-hybridized carbons (Fsp3) is 0.714. The molecule has 0 saturated carbocycles. The fourth-order valence-electron chi connectivity index (χ4n) is 2.52. The molecule has 0 aromatic carbocycles. The van der Waals surface area contributed by atoms with E-state index in [1.165, 1.54) is 12.8 Å². The number of anilines is 1. The first kappa shape index (κ1) is 14.5. The van der Waals surface area contributed by atoms with Crippen molar-refractivity contribution in [3.05, 3.63) is 11.1 Å². The van der Waals surface area contributed by atoms with Crippen molar-refractivity contribution in [3.63, 3.8) is 0 Å². The number of carbonyl (C=O) groups is 1. The number of thiazole rings is 1. The third-order valence-electron chi connectivity index (χ3n) is 3.68. The molecule has 0 atom stereocenters. The second-order valence-electron chi connectivity index (χ2n) is 5.14. The molecule has 4 nitrogen and oxygen atoms in total. The average molecular weight is 281 g/mol. The van der Waals surface area contributed by atoms with Gasteiger partial charge in [-0.2, -0.15) is 0 Å². The van der Waals surface area contributed by atoms with Crippen LogP contribution in [0.5, 0.6) is 0 Å². The van der Waals surface area contributed by atoms with Gasteiger partial charge >= 0.3 is 0 Å². The van der Waals surface area contributed by atoms with Crippen LogP contribution in [-0.2, 0) is 4.79 Å². The van der Waals surface area contributed by atoms with Crippen molar-refractivity contribution in [2.24, 2.45) is 5.92 Å². The lowest BCUT2D eigenvalue weighted by Gasteiger charge is -2.23. The summed E-state index contributed by atoms with van der Waals surface area (Å²) in [4.78, 5) is 18.5. The second-order valence-corrected chi connectivity index (χ2v) is 5.98. The van der Waals surface area contributed by atoms with E-state index in [9.17, 15) is 4.79 Å². The summed E-state index contributed by atoms with van der Waals surface area (Å²) >= 11 is 1.56. The maximum atomic E-state index is 12.3. The average Bonchev–Trinajstić information content (AvgIpc) is 2.85. The smallest absolute Gasteiger partial charge is 0.228 e. The van der Waals surface area contributed by atoms with Crippen molar-refractivity contribution >= 4 is 22.4 Å². The molecule has 0 spiro atoms. The maximum absolute atomic E-state index is 12.3. The molecule has 1 aromatic heterocycles. The Morgan fingerprint density at radius 1 is 1.53 bits per heavy atom. The molecular formula is C14H23N3OS. The first-order valence-electron chi connectivity index (χ1n) is 7.14. The summed E-state index contributed by atoms with van der Waals surface area (Å²) < 4.78 is 0. The van der Waals surface area contributed by atoms with Gasteiger partial charge in [-0.05, 0) is 52.1 Å². The number of rotatable bonds is 5. The van der Waals surface area contributed by atoms with Gasteiger partial charge in [-0.25, -0.2) is 4.98 Å². The van der Waals surface area contributed by atoms with E-state index in [2.05, 4.69) is 10.3 Å². The van der Waals surface area contributed by atoms with E-state index in [0.29, 0.717) is 18.9 Å². The summed E-state index contributed by atoms with van der Waals surface area (Å²) in [5, 5.41) is 6.20. The Labute approximate surface area is 119 Å². The van der Waals surface area contributed by atoms with Crippen LogP contribution in [0.1, 0.15) is 38.3 Å². The van der Waals surface area contributed by atoms with Crippen molar-refractivity contribution < 1.29 is 4.79 Å². The molecular weight excluding hydrogens is 258 g/mol. The lowest BCUT2D eigenvalue weighted by atomic mass is 9.93. The van der Waals surface area contributed by atoms with Gasteiger partial charge in [-0.3, -0.25) is 9.69 Å². The highest BCUT2D eigenvalue weighted by Crippen LogP contribution is 2.23. The number of nitrogens with zero attached hydrogens (tertiary/aromatic N) is 2. The second kappa shape index (κ2) is 7.01. The van der Waals surface area contributed by atoms with E-state index < -0.39 is 0 Å². The van der Waals surface area contributed by atoms with Crippen molar-refractivity contribution in [2.75, 3.05) is 24.5 Å². The number of amides is 1. The largest absolute Gasteiger partial charge is 0.317 e. The van der Waals surface area contributed by atoms with Gasteiger partial charge in [0.1, 0.15) is 0 Å². The third kappa shape index (κ3) is 4.01. The molecule has 2 heterocycles. The van der Waals surface area contributed by atoms with Crippen molar-refractivity contribution in [3.8, 4) is 0 Å². The normalized spacial score (nSPS) is 16.5. The summed E-state index contributed by atoms with van der Waals surface area (Å²) in [6, 6.07) is 0. The molecule has 106 valence electrons. The maximum Gasteiger partial charge on any atom is 0.228 e. The van der Waals surface area contributed by atoms with Gasteiger partial charge in [-0.1, -0.05) is 0 Å². The molecule has 1 fully saturated rings. The first-order valence-corrected chi connectivity index (χ1v) is 8.02. The van der Waals surface area contributed by atoms with E-state index in [4.69, 9.17) is 0 Å². The van der Waals surface area contributed by atoms with Crippen LogP contribution in [0.25, 0.3) is 0 Å². The van der Waals surface area contributed by atoms with Crippen molar-refractivity contribution in [1.82, 2.24) is 10.3 Å². The van der Waals surface area contributed by atoms with Gasteiger partial charge in [0.05, 0.1) is 5.69 Å². The van der Waals surface area contributed by atoms with Crippen LogP contribution < -0.4 is 10.2 Å². The highest BCUT2D eigenvalue weighted by Gasteiger charge is 2.19. The molecule has 0 unspecified atom stereocenters. The summed E-state index contributed by atoms with van der Waals surface area (Å²) in [5.74, 6) is 0.928. The van der Waals surface area contributed by atoms with Crippen molar-refractivity contribution in [2.45, 2.75) is 39.5 Å². The van der Waals surface area contributed by atoms with Crippen LogP contribution in [0, 0.1) is 12.8 Å². The Kier molecular flexibility index (Phi) is 5.34. The molecule has 1 amide bonds. The molecule has 1 saturated heterocycles. The van der Waals surface area contributed by atoms with Gasteiger partial charge in [-0.15, -0.1) is 11.3 Å². The predicted octanol–water partition coefficient (Wildman–Crippen LogP) is 2.58. The number of piperidine rings is 1. The van der Waals surface area contributed by atoms with Crippen LogP contribution in [0.4, 0.5) is 5.13 Å². The van der Waals surface area contributed by atoms with Crippen LogP contribution >= 0.6 is 11.3 Å². The Morgan fingerprint density at radius 2 is 2.26 bits per heavy atom. The van der Waals surface area contributed by atoms with E-state index in [-0.39, 0.29) is 5.91 Å². The van der Waals surface area contributed by atoms with E-state index in [1.54, 1.807) is 11.3 Å². The van der Waals surface area contributed by atoms with Gasteiger partial charge in [0.15, 0.2) is 5.13 Å². The number of hydrogen-bond acceptors (Lipinski definition) is 4. The molecule has 0 aliphatic carbocycles. The minimum absolute atomic E-state index is 0.218. The standard InChI is InChI=1S/C14H23N3OS/c1-3-17(14-16-11(2)10-19-14)13(18)5-4-12-6-8-15-9-7-12/h10,12,15H,3-9H2,1-2H3. The van der Waals surface area contributed by atoms with E-state index in [0.717, 1.165) is 30.3 Å². The van der Waals surface area contributed by atoms with Gasteiger partial charge in [0, 0.05) is 18.3 Å². The Hall–Kier alpha value is -0.940. The molecule has 1 aromatic rings.